The Hall–Kier alpha value is -0.176. The van der Waals surface area contributed by atoms with Crippen LogP contribution in [0.5, 0.6) is 0 Å². The van der Waals surface area contributed by atoms with E-state index in [-0.39, 0.29) is 0 Å². The Labute approximate surface area is 495 Å². The standard InChI is InChI=1S/C72H134O2S2Si2/c73-76(74)70-68-71-75-69(70)67-72(76)78-64-58-52-46-40-34-28-22-16-10-4-1-7-13-19-25-31-37-43-49-55-61-77(71,62-56-50-44-38-32-26-20-14-8-2-5-11-17-23-29-35-41-47-53-59-65-78)63-57-51-45-39-33-27-21-15-9-3-6-12-18-24-30-36-42-48-54-60-66-78/h67-68H,1-66H2. The minimum Gasteiger partial charge on any atom is -0.219 e. The summed E-state index contributed by atoms with van der Waals surface area (Å²) in [6.45, 7) is 0. The maximum Gasteiger partial charge on any atom is 0.200 e. The van der Waals surface area contributed by atoms with Gasteiger partial charge in [-0.05, 0) is 16.6 Å². The van der Waals surface area contributed by atoms with Crippen molar-refractivity contribution in [1.29, 1.82) is 0 Å². The van der Waals surface area contributed by atoms with E-state index in [9.17, 15) is 0 Å². The molecule has 0 spiro atoms. The van der Waals surface area contributed by atoms with Crippen LogP contribution in [-0.2, 0) is 9.84 Å². The van der Waals surface area contributed by atoms with E-state index in [1.54, 1.807) is 4.50 Å². The smallest absolute Gasteiger partial charge is 0.200 e. The normalized spacial score (nSPS) is 28.1. The van der Waals surface area contributed by atoms with Gasteiger partial charge in [0.1, 0.15) is 8.07 Å². The van der Waals surface area contributed by atoms with Crippen molar-refractivity contribution in [1.82, 2.24) is 0 Å². The van der Waals surface area contributed by atoms with Crippen molar-refractivity contribution in [2.75, 3.05) is 0 Å². The minimum absolute atomic E-state index is 0.808. The topological polar surface area (TPSA) is 34.1 Å². The molecule has 2 nitrogen and oxygen atoms in total. The molecular formula is C72H134O2S2Si2. The Bertz CT molecular complexity index is 1580. The van der Waals surface area contributed by atoms with E-state index < -0.39 is 26.0 Å². The predicted molar refractivity (Wildman–Crippen MR) is 356 cm³/mol. The molecule has 6 bridgehead atoms. The van der Waals surface area contributed by atoms with Gasteiger partial charge in [-0.2, -0.15) is 0 Å². The zero-order chi connectivity index (χ0) is 54.6. The first-order valence-corrected chi connectivity index (χ1v) is 44.2. The highest BCUT2D eigenvalue weighted by Gasteiger charge is 2.48. The monoisotopic (exact) mass is 1150 g/mol. The molecule has 0 atom stereocenters. The fourth-order valence-corrected chi connectivity index (χ4v) is 33.3. The van der Waals surface area contributed by atoms with Crippen LogP contribution in [0.3, 0.4) is 0 Å². The summed E-state index contributed by atoms with van der Waals surface area (Å²) >= 11 is 2.06. The highest BCUT2D eigenvalue weighted by Crippen LogP contribution is 2.48. The van der Waals surface area contributed by atoms with E-state index in [1.807, 2.05) is 0 Å². The summed E-state index contributed by atoms with van der Waals surface area (Å²) in [5.41, 5.74) is 0. The molecule has 1 aromatic rings. The van der Waals surface area contributed by atoms with Gasteiger partial charge in [0, 0.05) is 9.41 Å². The summed E-state index contributed by atoms with van der Waals surface area (Å²) in [5, 5.41) is 0. The van der Waals surface area contributed by atoms with E-state index in [4.69, 9.17) is 0 Å². The van der Waals surface area contributed by atoms with Crippen molar-refractivity contribution < 1.29 is 8.42 Å². The molecule has 0 N–H and O–H groups in total. The van der Waals surface area contributed by atoms with Gasteiger partial charge >= 0.3 is 0 Å². The molecule has 6 heteroatoms. The third-order valence-electron chi connectivity index (χ3n) is 20.8. The summed E-state index contributed by atoms with van der Waals surface area (Å²) in [5.74, 6) is 0. The summed E-state index contributed by atoms with van der Waals surface area (Å²) in [6, 6.07) is 10.3. The largest absolute Gasteiger partial charge is 0.219 e. The van der Waals surface area contributed by atoms with Gasteiger partial charge in [0.25, 0.3) is 0 Å². The molecule has 7 aliphatic rings. The second-order valence-electron chi connectivity index (χ2n) is 27.6. The van der Waals surface area contributed by atoms with Crippen molar-refractivity contribution in [3.8, 4) is 0 Å². The second-order valence-corrected chi connectivity index (χ2v) is 40.5. The molecule has 78 heavy (non-hydrogen) atoms. The molecular weight excluding hydrogens is 1020 g/mol. The van der Waals surface area contributed by atoms with Crippen LogP contribution in [0.15, 0.2) is 15.5 Å². The lowest BCUT2D eigenvalue weighted by molar-refractivity contribution is 0.520. The Morgan fingerprint density at radius 3 is 0.590 bits per heavy atom. The highest BCUT2D eigenvalue weighted by atomic mass is 32.2. The molecule has 0 amide bonds. The maximum absolute atomic E-state index is 15.8. The molecule has 0 saturated carbocycles. The number of fused-ring (bicyclic) bond motifs is 63. The van der Waals surface area contributed by atoms with Gasteiger partial charge < -0.3 is 0 Å². The van der Waals surface area contributed by atoms with Crippen LogP contribution in [0.1, 0.15) is 390 Å². The molecule has 8 rings (SSSR count). The Balaban J connectivity index is 1.46. The Kier molecular flexibility index (Phi) is 39.8. The van der Waals surface area contributed by atoms with Crippen LogP contribution in [-0.4, -0.2) is 24.6 Å². The van der Waals surface area contributed by atoms with E-state index in [0.717, 1.165) is 9.42 Å². The van der Waals surface area contributed by atoms with Crippen molar-refractivity contribution in [3.63, 3.8) is 0 Å². The summed E-state index contributed by atoms with van der Waals surface area (Å²) in [4.78, 5) is 2.01. The van der Waals surface area contributed by atoms with E-state index in [1.165, 1.54) is 426 Å². The van der Waals surface area contributed by atoms with Gasteiger partial charge in [0.05, 0.1) is 13.0 Å². The number of sulfone groups is 1. The summed E-state index contributed by atoms with van der Waals surface area (Å²) in [6.07, 6.45) is 86.8. The first-order chi connectivity index (χ1) is 38.6. The van der Waals surface area contributed by atoms with E-state index in [0.29, 0.717) is 0 Å². The van der Waals surface area contributed by atoms with Gasteiger partial charge in [0.2, 0.25) is 0 Å². The lowest BCUT2D eigenvalue weighted by Gasteiger charge is -2.34. The summed E-state index contributed by atoms with van der Waals surface area (Å²) in [7, 11) is -7.75. The van der Waals surface area contributed by atoms with Crippen molar-refractivity contribution >= 4 is 47.9 Å². The van der Waals surface area contributed by atoms with Crippen LogP contribution in [0.2, 0.25) is 36.3 Å². The van der Waals surface area contributed by atoms with Crippen LogP contribution < -0.4 is 4.50 Å². The zero-order valence-electron chi connectivity index (χ0n) is 52.5. The van der Waals surface area contributed by atoms with Gasteiger partial charge in [0.15, 0.2) is 9.84 Å². The molecule has 0 aromatic carbocycles. The lowest BCUT2D eigenvalue weighted by atomic mass is 10.0. The molecule has 0 aliphatic carbocycles. The van der Waals surface area contributed by atoms with Gasteiger partial charge in [-0.1, -0.05) is 422 Å². The average Bonchev–Trinajstić information content (AvgIpc) is 4.13. The Morgan fingerprint density at radius 1 is 0.244 bits per heavy atom. The maximum atomic E-state index is 15.8. The first kappa shape index (κ1) is 68.6. The second kappa shape index (κ2) is 45.2. The summed E-state index contributed by atoms with van der Waals surface area (Å²) < 4.78 is 34.3. The van der Waals surface area contributed by atoms with E-state index >= 15 is 8.42 Å². The minimum atomic E-state index is -3.48. The molecule has 7 aliphatic heterocycles. The fourth-order valence-electron chi connectivity index (χ4n) is 15.5. The molecule has 0 saturated heterocycles. The number of thiophene rings is 1. The quantitative estimate of drug-likeness (QED) is 0.243. The number of rotatable bonds is 0. The molecule has 0 radical (unpaired) electrons. The van der Waals surface area contributed by atoms with Crippen LogP contribution in [0, 0.1) is 0 Å². The van der Waals surface area contributed by atoms with Crippen LogP contribution in [0.25, 0.3) is 6.08 Å². The molecule has 0 fully saturated rings. The average molecular weight is 1150 g/mol. The van der Waals surface area contributed by atoms with Crippen LogP contribution >= 0.6 is 11.3 Å². The molecule has 1 aromatic heterocycles. The predicted octanol–water partition coefficient (Wildman–Crippen LogP) is 26.0. The fraction of sp³-hybridized carbons (Fsp3) is 0.917. The number of hydrogen-bond donors (Lipinski definition) is 0. The zero-order valence-corrected chi connectivity index (χ0v) is 56.1. The van der Waals surface area contributed by atoms with Gasteiger partial charge in [-0.3, -0.25) is 0 Å². The third-order valence-corrected chi connectivity index (χ3v) is 37.4. The SMILES string of the molecule is O=S1(=O)C2=Cc3sc(cc31)[Si]13CCCCCCCCCCCCCCCCCCCCCC[Si]2(CCCCCCCCCCCCCCCCCCCCCC1)CCCCCCCCCCCCCCCCCCCCCC3. The van der Waals surface area contributed by atoms with Gasteiger partial charge in [-0.15, -0.1) is 11.3 Å². The van der Waals surface area contributed by atoms with Crippen molar-refractivity contribution in [2.45, 2.75) is 426 Å². The highest BCUT2D eigenvalue weighted by molar-refractivity contribution is 7.98. The van der Waals surface area contributed by atoms with Gasteiger partial charge in [-0.25, -0.2) is 8.42 Å². The Morgan fingerprint density at radius 2 is 0.410 bits per heavy atom. The first-order valence-electron chi connectivity index (χ1n) is 36.7. The molecule has 0 unspecified atom stereocenters. The number of hydrogen-bond acceptors (Lipinski definition) is 3. The lowest BCUT2D eigenvalue weighted by Crippen LogP contribution is -2.46. The molecule has 454 valence electrons. The molecule has 8 heterocycles. The van der Waals surface area contributed by atoms with E-state index in [2.05, 4.69) is 23.5 Å². The van der Waals surface area contributed by atoms with Crippen molar-refractivity contribution in [2.24, 2.45) is 0 Å². The van der Waals surface area contributed by atoms with Crippen LogP contribution in [0.4, 0.5) is 0 Å². The third kappa shape index (κ3) is 29.1. The van der Waals surface area contributed by atoms with Crippen molar-refractivity contribution in [3.05, 3.63) is 15.5 Å².